The Balaban J connectivity index is 1.19. The normalized spacial score (nSPS) is 13.4. The molecule has 0 spiro atoms. The molecule has 1 aromatic heterocycles. The molecule has 0 radical (unpaired) electrons. The van der Waals surface area contributed by atoms with Crippen LogP contribution in [0, 0.1) is 0 Å². The van der Waals surface area contributed by atoms with Gasteiger partial charge in [-0.25, -0.2) is 15.0 Å². The van der Waals surface area contributed by atoms with E-state index in [1.807, 2.05) is 36.4 Å². The third-order valence-corrected chi connectivity index (χ3v) is 13.6. The minimum absolute atomic E-state index is 0.622. The number of hydrogen-bond acceptors (Lipinski definition) is 3. The number of rotatable bonds is 8. The molecule has 1 aliphatic carbocycles. The van der Waals surface area contributed by atoms with Crippen molar-refractivity contribution in [2.24, 2.45) is 0 Å². The van der Waals surface area contributed by atoms with Crippen molar-refractivity contribution in [1.82, 2.24) is 15.0 Å². The topological polar surface area (TPSA) is 38.7 Å². The molecule has 0 amide bonds. The van der Waals surface area contributed by atoms with Crippen molar-refractivity contribution in [2.45, 2.75) is 10.8 Å². The highest BCUT2D eigenvalue weighted by molar-refractivity contribution is 5.97. The van der Waals surface area contributed by atoms with Crippen LogP contribution in [0.1, 0.15) is 33.4 Å². The lowest BCUT2D eigenvalue weighted by molar-refractivity contribution is 0.415. The van der Waals surface area contributed by atoms with Crippen LogP contribution in [0.3, 0.4) is 0 Å². The molecule has 11 aromatic rings. The number of benzene rings is 10. The molecular formula is C63H43N3. The van der Waals surface area contributed by atoms with Crippen molar-refractivity contribution in [2.75, 3.05) is 0 Å². The van der Waals surface area contributed by atoms with Gasteiger partial charge in [0.1, 0.15) is 0 Å². The number of hydrogen-bond donors (Lipinski definition) is 0. The monoisotopic (exact) mass is 841 g/mol. The first-order valence-electron chi connectivity index (χ1n) is 22.6. The summed E-state index contributed by atoms with van der Waals surface area (Å²) in [6.45, 7) is 0. The van der Waals surface area contributed by atoms with Gasteiger partial charge in [-0.15, -0.1) is 0 Å². The lowest BCUT2D eigenvalue weighted by Crippen LogP contribution is -2.54. The smallest absolute Gasteiger partial charge is 0.164 e. The van der Waals surface area contributed by atoms with Crippen molar-refractivity contribution in [3.05, 3.63) is 294 Å². The largest absolute Gasteiger partial charge is 0.208 e. The van der Waals surface area contributed by atoms with Gasteiger partial charge in [-0.3, -0.25) is 0 Å². The van der Waals surface area contributed by atoms with Crippen molar-refractivity contribution >= 4 is 10.8 Å². The van der Waals surface area contributed by atoms with Gasteiger partial charge in [0.25, 0.3) is 0 Å². The molecule has 0 saturated heterocycles. The van der Waals surface area contributed by atoms with Crippen LogP contribution in [-0.2, 0) is 10.8 Å². The second-order valence-electron chi connectivity index (χ2n) is 17.1. The van der Waals surface area contributed by atoms with E-state index in [1.54, 1.807) is 0 Å². The molecule has 0 aliphatic heterocycles. The van der Waals surface area contributed by atoms with Crippen molar-refractivity contribution < 1.29 is 0 Å². The van der Waals surface area contributed by atoms with Gasteiger partial charge in [0.15, 0.2) is 17.5 Å². The maximum Gasteiger partial charge on any atom is 0.164 e. The van der Waals surface area contributed by atoms with Crippen LogP contribution in [-0.4, -0.2) is 15.0 Å². The van der Waals surface area contributed by atoms with E-state index in [2.05, 4.69) is 224 Å². The van der Waals surface area contributed by atoms with E-state index in [-0.39, 0.29) is 0 Å². The van der Waals surface area contributed by atoms with Gasteiger partial charge in [-0.1, -0.05) is 243 Å². The van der Waals surface area contributed by atoms with Gasteiger partial charge in [0, 0.05) is 16.7 Å². The molecule has 0 unspecified atom stereocenters. The van der Waals surface area contributed by atoms with Crippen LogP contribution in [0.15, 0.2) is 261 Å². The molecule has 0 saturated carbocycles. The summed E-state index contributed by atoms with van der Waals surface area (Å²) in [5.74, 6) is 1.88. The highest BCUT2D eigenvalue weighted by atomic mass is 15.0. The summed E-state index contributed by atoms with van der Waals surface area (Å²) in [4.78, 5) is 15.6. The zero-order valence-corrected chi connectivity index (χ0v) is 36.2. The molecule has 310 valence electrons. The lowest BCUT2D eigenvalue weighted by Gasteiger charge is -2.57. The second kappa shape index (κ2) is 16.2. The minimum atomic E-state index is -0.740. The van der Waals surface area contributed by atoms with Gasteiger partial charge in [-0.2, -0.15) is 0 Å². The van der Waals surface area contributed by atoms with Gasteiger partial charge in [-0.05, 0) is 84.6 Å². The third-order valence-electron chi connectivity index (χ3n) is 13.6. The van der Waals surface area contributed by atoms with Gasteiger partial charge in [0.05, 0.1) is 10.8 Å². The van der Waals surface area contributed by atoms with E-state index in [0.29, 0.717) is 17.5 Å². The Morgan fingerprint density at radius 3 is 1.06 bits per heavy atom. The summed E-state index contributed by atoms with van der Waals surface area (Å²) in [6.07, 6.45) is 0. The second-order valence-corrected chi connectivity index (χ2v) is 17.1. The SMILES string of the molecule is c1ccc(-c2nc(-c3ccccc3)nc(-c3cc4ccccc4cc3-c3ccc4c(c3)-c3ccccc3C(c3ccccc3)(c3ccccc3)C4(c3ccccc3)c3ccccc3)n2)cc1. The molecule has 10 aromatic carbocycles. The Hall–Kier alpha value is -8.53. The van der Waals surface area contributed by atoms with E-state index < -0.39 is 10.8 Å². The number of aromatic nitrogens is 3. The van der Waals surface area contributed by atoms with Crippen molar-refractivity contribution in [1.29, 1.82) is 0 Å². The highest BCUT2D eigenvalue weighted by Gasteiger charge is 2.61. The van der Waals surface area contributed by atoms with Crippen LogP contribution in [0.5, 0.6) is 0 Å². The van der Waals surface area contributed by atoms with E-state index in [0.717, 1.165) is 38.6 Å². The van der Waals surface area contributed by atoms with Crippen LogP contribution in [0.4, 0.5) is 0 Å². The standard InChI is InChI=1S/C63H43N3/c1-7-23-44(24-8-1)59-64-60(45-25-9-2-10-26-45)66-61(65-59)56-42-47-28-20-19-27-46(47)41-54(56)48-39-40-58-55(43-48)53-37-21-22-38-57(53)62(49-29-11-3-12-30-49,50-31-13-4-14-32-50)63(58,51-33-15-5-16-34-51)52-35-17-6-18-36-52/h1-43H. The third kappa shape index (κ3) is 6.16. The fraction of sp³-hybridized carbons (Fsp3) is 0.0317. The molecule has 0 fully saturated rings. The molecule has 0 atom stereocenters. The molecule has 66 heavy (non-hydrogen) atoms. The Bertz CT molecular complexity index is 3370. The zero-order valence-electron chi connectivity index (χ0n) is 36.2. The summed E-state index contributed by atoms with van der Waals surface area (Å²) in [5, 5.41) is 2.26. The molecule has 3 heteroatoms. The fourth-order valence-electron chi connectivity index (χ4n) is 10.9. The van der Waals surface area contributed by atoms with E-state index in [1.165, 1.54) is 44.5 Å². The average Bonchev–Trinajstić information content (AvgIpc) is 3.41. The minimum Gasteiger partial charge on any atom is -0.208 e. The van der Waals surface area contributed by atoms with Gasteiger partial charge >= 0.3 is 0 Å². The summed E-state index contributed by atoms with van der Waals surface area (Å²) < 4.78 is 0. The molecular weight excluding hydrogens is 799 g/mol. The predicted octanol–water partition coefficient (Wildman–Crippen LogP) is 15.0. The molecule has 3 nitrogen and oxygen atoms in total. The Morgan fingerprint density at radius 2 is 0.591 bits per heavy atom. The first-order chi connectivity index (χ1) is 32.7. The van der Waals surface area contributed by atoms with Crippen LogP contribution >= 0.6 is 0 Å². The van der Waals surface area contributed by atoms with E-state index in [4.69, 9.17) is 15.0 Å². The average molecular weight is 842 g/mol. The first kappa shape index (κ1) is 39.1. The summed E-state index contributed by atoms with van der Waals surface area (Å²) in [5.41, 5.74) is 13.2. The van der Waals surface area contributed by atoms with Crippen LogP contribution in [0.25, 0.3) is 67.2 Å². The van der Waals surface area contributed by atoms with Gasteiger partial charge in [0.2, 0.25) is 0 Å². The molecule has 1 aliphatic rings. The zero-order chi connectivity index (χ0) is 43.9. The highest BCUT2D eigenvalue weighted by Crippen LogP contribution is 2.65. The Labute approximate surface area is 385 Å². The molecule has 0 bridgehead atoms. The van der Waals surface area contributed by atoms with Gasteiger partial charge < -0.3 is 0 Å². The number of nitrogens with zero attached hydrogens (tertiary/aromatic N) is 3. The Morgan fingerprint density at radius 1 is 0.227 bits per heavy atom. The first-order valence-corrected chi connectivity index (χ1v) is 22.6. The summed E-state index contributed by atoms with van der Waals surface area (Å²) in [6, 6.07) is 94.5. The van der Waals surface area contributed by atoms with Crippen molar-refractivity contribution in [3.8, 4) is 56.4 Å². The maximum absolute atomic E-state index is 5.28. The molecule has 0 N–H and O–H groups in total. The quantitative estimate of drug-likeness (QED) is 0.153. The van der Waals surface area contributed by atoms with E-state index in [9.17, 15) is 0 Å². The van der Waals surface area contributed by atoms with Crippen LogP contribution in [0.2, 0.25) is 0 Å². The Kier molecular flexibility index (Phi) is 9.61. The lowest BCUT2D eigenvalue weighted by atomic mass is 9.43. The molecule has 1 heterocycles. The summed E-state index contributed by atoms with van der Waals surface area (Å²) >= 11 is 0. The summed E-state index contributed by atoms with van der Waals surface area (Å²) in [7, 11) is 0. The van der Waals surface area contributed by atoms with Crippen LogP contribution < -0.4 is 0 Å². The predicted molar refractivity (Wildman–Crippen MR) is 270 cm³/mol. The van der Waals surface area contributed by atoms with Crippen molar-refractivity contribution in [3.63, 3.8) is 0 Å². The maximum atomic E-state index is 5.28. The van der Waals surface area contributed by atoms with E-state index >= 15 is 0 Å². The number of fused-ring (bicyclic) bond motifs is 4. The fourth-order valence-corrected chi connectivity index (χ4v) is 10.9. The molecule has 12 rings (SSSR count).